The third-order valence-corrected chi connectivity index (χ3v) is 4.01. The minimum atomic E-state index is -0.300. The number of hydrogen-bond donors (Lipinski definition) is 0. The summed E-state index contributed by atoms with van der Waals surface area (Å²) >= 11 is 3.34. The van der Waals surface area contributed by atoms with Crippen LogP contribution in [0.3, 0.4) is 0 Å². The van der Waals surface area contributed by atoms with Crippen LogP contribution < -0.4 is 0 Å². The topological polar surface area (TPSA) is 17.1 Å². The molecular formula is C15H16BrFO. The predicted octanol–water partition coefficient (Wildman–Crippen LogP) is 4.59. The van der Waals surface area contributed by atoms with Crippen molar-refractivity contribution in [1.82, 2.24) is 0 Å². The summed E-state index contributed by atoms with van der Waals surface area (Å²) in [6, 6.07) is 4.45. The van der Waals surface area contributed by atoms with Crippen molar-refractivity contribution >= 4 is 21.7 Å². The molecule has 0 aliphatic heterocycles. The van der Waals surface area contributed by atoms with E-state index in [-0.39, 0.29) is 18.0 Å². The summed E-state index contributed by atoms with van der Waals surface area (Å²) in [5, 5.41) is 0. The lowest BCUT2D eigenvalue weighted by Crippen LogP contribution is -2.03. The van der Waals surface area contributed by atoms with E-state index >= 15 is 0 Å². The van der Waals surface area contributed by atoms with Crippen LogP contribution in [0.4, 0.5) is 4.39 Å². The Morgan fingerprint density at radius 2 is 2.00 bits per heavy atom. The van der Waals surface area contributed by atoms with Crippen molar-refractivity contribution in [1.29, 1.82) is 0 Å². The number of ketones is 1. The Labute approximate surface area is 115 Å². The van der Waals surface area contributed by atoms with Crippen LogP contribution in [-0.4, -0.2) is 5.78 Å². The van der Waals surface area contributed by atoms with Crippen molar-refractivity contribution in [3.8, 4) is 0 Å². The first-order valence-corrected chi connectivity index (χ1v) is 7.10. The van der Waals surface area contributed by atoms with Crippen LogP contribution in [-0.2, 0) is 11.2 Å². The lowest BCUT2D eigenvalue weighted by molar-refractivity contribution is -0.114. The second kappa shape index (κ2) is 6.28. The first-order valence-electron chi connectivity index (χ1n) is 6.31. The number of carbonyl (C=O) groups is 1. The number of halogens is 2. The van der Waals surface area contributed by atoms with Gasteiger partial charge in [0, 0.05) is 10.9 Å². The van der Waals surface area contributed by atoms with E-state index in [0.717, 1.165) is 17.3 Å². The average molecular weight is 311 g/mol. The van der Waals surface area contributed by atoms with Crippen LogP contribution in [0.25, 0.3) is 0 Å². The monoisotopic (exact) mass is 310 g/mol. The van der Waals surface area contributed by atoms with E-state index in [9.17, 15) is 9.18 Å². The van der Waals surface area contributed by atoms with E-state index in [4.69, 9.17) is 0 Å². The molecule has 1 aliphatic rings. The quantitative estimate of drug-likeness (QED) is 0.746. The van der Waals surface area contributed by atoms with Crippen LogP contribution >= 0.6 is 15.9 Å². The molecule has 0 aromatic heterocycles. The highest BCUT2D eigenvalue weighted by molar-refractivity contribution is 9.10. The molecule has 1 aliphatic carbocycles. The Hall–Kier alpha value is -0.960. The average Bonchev–Trinajstić information content (AvgIpc) is 2.35. The molecule has 0 heterocycles. The number of allylic oxidation sites excluding steroid dienone is 2. The molecular weight excluding hydrogens is 295 g/mol. The molecule has 0 unspecified atom stereocenters. The van der Waals surface area contributed by atoms with Crippen molar-refractivity contribution in [2.24, 2.45) is 0 Å². The first kappa shape index (κ1) is 13.5. The van der Waals surface area contributed by atoms with Gasteiger partial charge in [-0.25, -0.2) is 4.39 Å². The van der Waals surface area contributed by atoms with Crippen molar-refractivity contribution in [3.05, 3.63) is 45.7 Å². The minimum Gasteiger partial charge on any atom is -0.294 e. The molecule has 18 heavy (non-hydrogen) atoms. The number of hydrogen-bond acceptors (Lipinski definition) is 1. The highest BCUT2D eigenvalue weighted by atomic mass is 79.9. The Morgan fingerprint density at radius 3 is 2.72 bits per heavy atom. The van der Waals surface area contributed by atoms with Crippen LogP contribution in [0, 0.1) is 5.82 Å². The molecule has 0 amide bonds. The molecule has 2 rings (SSSR count). The summed E-state index contributed by atoms with van der Waals surface area (Å²) in [7, 11) is 0. The summed E-state index contributed by atoms with van der Waals surface area (Å²) in [6.07, 6.45) is 7.73. The molecule has 0 N–H and O–H groups in total. The molecule has 0 spiro atoms. The number of benzene rings is 1. The van der Waals surface area contributed by atoms with Crippen molar-refractivity contribution in [2.45, 2.75) is 38.5 Å². The van der Waals surface area contributed by atoms with Gasteiger partial charge in [-0.2, -0.15) is 0 Å². The van der Waals surface area contributed by atoms with E-state index in [1.807, 2.05) is 0 Å². The van der Waals surface area contributed by atoms with E-state index in [2.05, 4.69) is 15.9 Å². The maximum atomic E-state index is 13.1. The lowest BCUT2D eigenvalue weighted by Gasteiger charge is -2.13. The third kappa shape index (κ3) is 3.77. The summed E-state index contributed by atoms with van der Waals surface area (Å²) in [5.41, 5.74) is 1.96. The Bertz CT molecular complexity index is 471. The van der Waals surface area contributed by atoms with Crippen molar-refractivity contribution in [3.63, 3.8) is 0 Å². The summed E-state index contributed by atoms with van der Waals surface area (Å²) in [5.74, 6) is -0.232. The van der Waals surface area contributed by atoms with E-state index in [0.29, 0.717) is 5.56 Å². The second-order valence-corrected chi connectivity index (χ2v) is 5.60. The summed E-state index contributed by atoms with van der Waals surface area (Å²) < 4.78 is 13.9. The lowest BCUT2D eigenvalue weighted by atomic mass is 9.93. The highest BCUT2D eigenvalue weighted by Crippen LogP contribution is 2.23. The largest absolute Gasteiger partial charge is 0.294 e. The van der Waals surface area contributed by atoms with Crippen LogP contribution in [0.2, 0.25) is 0 Å². The Kier molecular flexibility index (Phi) is 4.70. The maximum absolute atomic E-state index is 13.1. The molecule has 1 saturated carbocycles. The van der Waals surface area contributed by atoms with Gasteiger partial charge in [0.2, 0.25) is 0 Å². The van der Waals surface area contributed by atoms with E-state index in [1.54, 1.807) is 12.1 Å². The van der Waals surface area contributed by atoms with Gasteiger partial charge >= 0.3 is 0 Å². The first-order chi connectivity index (χ1) is 8.65. The molecule has 0 atom stereocenters. The molecule has 1 aromatic rings. The van der Waals surface area contributed by atoms with Gasteiger partial charge in [-0.05, 0) is 55.5 Å². The molecule has 1 aromatic carbocycles. The van der Waals surface area contributed by atoms with E-state index < -0.39 is 0 Å². The number of carbonyl (C=O) groups excluding carboxylic acids is 1. The zero-order chi connectivity index (χ0) is 13.0. The van der Waals surface area contributed by atoms with Crippen molar-refractivity contribution in [2.75, 3.05) is 0 Å². The smallest absolute Gasteiger partial charge is 0.160 e. The Morgan fingerprint density at radius 1 is 1.28 bits per heavy atom. The van der Waals surface area contributed by atoms with Gasteiger partial charge in [0.1, 0.15) is 5.82 Å². The van der Waals surface area contributed by atoms with Crippen molar-refractivity contribution < 1.29 is 9.18 Å². The SMILES string of the molecule is O=C(C=C1CCCCC1)Cc1cc(F)ccc1Br. The van der Waals surface area contributed by atoms with Crippen LogP contribution in [0.15, 0.2) is 34.3 Å². The minimum absolute atomic E-state index is 0.0678. The van der Waals surface area contributed by atoms with Gasteiger partial charge < -0.3 is 0 Å². The molecule has 0 saturated heterocycles. The van der Waals surface area contributed by atoms with Gasteiger partial charge in [-0.3, -0.25) is 4.79 Å². The van der Waals surface area contributed by atoms with Gasteiger partial charge in [0.15, 0.2) is 5.78 Å². The van der Waals surface area contributed by atoms with Crippen LogP contribution in [0.1, 0.15) is 37.7 Å². The summed E-state index contributed by atoms with van der Waals surface area (Å²) in [4.78, 5) is 11.9. The van der Waals surface area contributed by atoms with Gasteiger partial charge in [-0.1, -0.05) is 27.9 Å². The van der Waals surface area contributed by atoms with Gasteiger partial charge in [-0.15, -0.1) is 0 Å². The summed E-state index contributed by atoms with van der Waals surface area (Å²) in [6.45, 7) is 0. The molecule has 3 heteroatoms. The molecule has 0 bridgehead atoms. The normalized spacial score (nSPS) is 15.6. The molecule has 96 valence electrons. The van der Waals surface area contributed by atoms with Crippen LogP contribution in [0.5, 0.6) is 0 Å². The third-order valence-electron chi connectivity index (χ3n) is 3.23. The molecule has 1 nitrogen and oxygen atoms in total. The molecule has 0 radical (unpaired) electrons. The zero-order valence-corrected chi connectivity index (χ0v) is 11.8. The van der Waals surface area contributed by atoms with E-state index in [1.165, 1.54) is 37.0 Å². The fraction of sp³-hybridized carbons (Fsp3) is 0.400. The maximum Gasteiger partial charge on any atom is 0.160 e. The fourth-order valence-corrected chi connectivity index (χ4v) is 2.68. The van der Waals surface area contributed by atoms with Gasteiger partial charge in [0.25, 0.3) is 0 Å². The predicted molar refractivity (Wildman–Crippen MR) is 74.0 cm³/mol. The number of rotatable bonds is 3. The zero-order valence-electron chi connectivity index (χ0n) is 10.2. The fourth-order valence-electron chi connectivity index (χ4n) is 2.30. The Balaban J connectivity index is 2.04. The van der Waals surface area contributed by atoms with Gasteiger partial charge in [0.05, 0.1) is 0 Å². The highest BCUT2D eigenvalue weighted by Gasteiger charge is 2.10. The standard InChI is InChI=1S/C15H16BrFO/c16-15-7-6-13(17)9-12(15)10-14(18)8-11-4-2-1-3-5-11/h6-9H,1-5,10H2. The second-order valence-electron chi connectivity index (χ2n) is 4.74. The molecule has 1 fully saturated rings.